The summed E-state index contributed by atoms with van der Waals surface area (Å²) in [5.41, 5.74) is 0.166. The molecule has 2 N–H and O–H groups in total. The van der Waals surface area contributed by atoms with E-state index in [0.717, 1.165) is 25.7 Å². The van der Waals surface area contributed by atoms with Crippen molar-refractivity contribution in [2.75, 3.05) is 6.61 Å². The highest BCUT2D eigenvalue weighted by atomic mass is 16.5. The fourth-order valence-corrected chi connectivity index (χ4v) is 2.71. The lowest BCUT2D eigenvalue weighted by atomic mass is 9.86. The van der Waals surface area contributed by atoms with E-state index in [2.05, 4.69) is 24.1 Å². The van der Waals surface area contributed by atoms with Gasteiger partial charge >= 0.3 is 0 Å². The van der Waals surface area contributed by atoms with Gasteiger partial charge in [-0.3, -0.25) is 9.59 Å². The molecule has 1 aromatic rings. The molecule has 1 atom stereocenters. The van der Waals surface area contributed by atoms with E-state index in [1.54, 1.807) is 6.07 Å². The molecule has 0 aromatic carbocycles. The van der Waals surface area contributed by atoms with E-state index in [0.29, 0.717) is 12.2 Å². The highest BCUT2D eigenvalue weighted by Crippen LogP contribution is 2.31. The van der Waals surface area contributed by atoms with Gasteiger partial charge in [-0.15, -0.1) is 0 Å². The monoisotopic (exact) mass is 278 g/mol. The Bertz CT molecular complexity index is 500. The predicted molar refractivity (Wildman–Crippen MR) is 76.8 cm³/mol. The smallest absolute Gasteiger partial charge is 0.252 e. The largest absolute Gasteiger partial charge is 0.375 e. The van der Waals surface area contributed by atoms with Crippen LogP contribution < -0.4 is 10.9 Å². The lowest BCUT2D eigenvalue weighted by molar-refractivity contribution is -0.0917. The Morgan fingerprint density at radius 2 is 2.20 bits per heavy atom. The molecular weight excluding hydrogens is 256 g/mol. The molecule has 0 radical (unpaired) electrons. The van der Waals surface area contributed by atoms with Crippen LogP contribution >= 0.6 is 0 Å². The minimum atomic E-state index is -0.205. The highest BCUT2D eigenvalue weighted by molar-refractivity contribution is 5.94. The maximum atomic E-state index is 12.1. The molecule has 0 saturated carbocycles. The van der Waals surface area contributed by atoms with Crippen molar-refractivity contribution in [2.45, 2.75) is 51.2 Å². The first-order chi connectivity index (χ1) is 9.58. The normalized spacial score (nSPS) is 21.4. The lowest BCUT2D eigenvalue weighted by Crippen LogP contribution is -2.48. The minimum Gasteiger partial charge on any atom is -0.375 e. The van der Waals surface area contributed by atoms with Crippen molar-refractivity contribution in [3.8, 4) is 0 Å². The van der Waals surface area contributed by atoms with Crippen LogP contribution in [-0.2, 0) is 4.74 Å². The van der Waals surface area contributed by atoms with Crippen molar-refractivity contribution in [2.24, 2.45) is 0 Å². The molecule has 1 saturated heterocycles. The second-order valence-corrected chi connectivity index (χ2v) is 5.34. The predicted octanol–water partition coefficient (Wildman–Crippen LogP) is 1.84. The summed E-state index contributed by atoms with van der Waals surface area (Å²) < 4.78 is 5.90. The number of pyridine rings is 1. The number of rotatable bonds is 4. The minimum absolute atomic E-state index is 0.110. The van der Waals surface area contributed by atoms with Crippen LogP contribution in [0.15, 0.2) is 23.1 Å². The van der Waals surface area contributed by atoms with E-state index in [1.165, 1.54) is 12.3 Å². The zero-order chi connectivity index (χ0) is 14.6. The van der Waals surface area contributed by atoms with Crippen LogP contribution in [0.5, 0.6) is 0 Å². The summed E-state index contributed by atoms with van der Waals surface area (Å²) in [5.74, 6) is -0.144. The molecular formula is C15H22N2O3. The molecule has 20 heavy (non-hydrogen) atoms. The molecule has 2 rings (SSSR count). The van der Waals surface area contributed by atoms with Crippen molar-refractivity contribution in [1.29, 1.82) is 0 Å². The number of carbonyl (C=O) groups excluding carboxylic acids is 1. The van der Waals surface area contributed by atoms with Gasteiger partial charge in [0, 0.05) is 24.9 Å². The van der Waals surface area contributed by atoms with E-state index >= 15 is 0 Å². The Kier molecular flexibility index (Phi) is 4.60. The summed E-state index contributed by atoms with van der Waals surface area (Å²) in [6, 6.07) is 3.03. The van der Waals surface area contributed by atoms with Gasteiger partial charge < -0.3 is 15.0 Å². The van der Waals surface area contributed by atoms with Gasteiger partial charge in [-0.05, 0) is 31.7 Å². The van der Waals surface area contributed by atoms with Gasteiger partial charge in [0.2, 0.25) is 5.56 Å². The summed E-state index contributed by atoms with van der Waals surface area (Å²) in [5, 5.41) is 3.04. The number of hydrogen-bond donors (Lipinski definition) is 2. The van der Waals surface area contributed by atoms with Crippen molar-refractivity contribution in [3.63, 3.8) is 0 Å². The fourth-order valence-electron chi connectivity index (χ4n) is 2.71. The van der Waals surface area contributed by atoms with Crippen LogP contribution in [0.3, 0.4) is 0 Å². The summed E-state index contributed by atoms with van der Waals surface area (Å²) in [7, 11) is 0. The molecule has 5 heteroatoms. The van der Waals surface area contributed by atoms with Crippen molar-refractivity contribution < 1.29 is 9.53 Å². The average molecular weight is 278 g/mol. The van der Waals surface area contributed by atoms with Gasteiger partial charge in [0.05, 0.1) is 11.2 Å². The molecule has 0 bridgehead atoms. The highest BCUT2D eigenvalue weighted by Gasteiger charge is 2.35. The molecule has 0 spiro atoms. The number of aromatic nitrogens is 1. The van der Waals surface area contributed by atoms with E-state index < -0.39 is 0 Å². The number of amides is 1. The van der Waals surface area contributed by atoms with Crippen molar-refractivity contribution in [1.82, 2.24) is 10.3 Å². The van der Waals surface area contributed by atoms with Gasteiger partial charge in [0.15, 0.2) is 0 Å². The number of aromatic amines is 1. The molecule has 1 fully saturated rings. The topological polar surface area (TPSA) is 71.2 Å². The van der Waals surface area contributed by atoms with Crippen molar-refractivity contribution in [3.05, 3.63) is 34.2 Å². The molecule has 1 aromatic heterocycles. The van der Waals surface area contributed by atoms with Crippen LogP contribution in [0.25, 0.3) is 0 Å². The van der Waals surface area contributed by atoms with E-state index in [4.69, 9.17) is 4.74 Å². The molecule has 1 unspecified atom stereocenters. The van der Waals surface area contributed by atoms with E-state index in [-0.39, 0.29) is 23.1 Å². The molecule has 1 amide bonds. The van der Waals surface area contributed by atoms with Gasteiger partial charge in [-0.25, -0.2) is 0 Å². The van der Waals surface area contributed by atoms with Gasteiger partial charge in [0.25, 0.3) is 5.91 Å². The third-order valence-corrected chi connectivity index (χ3v) is 4.16. The van der Waals surface area contributed by atoms with Crippen LogP contribution in [0, 0.1) is 0 Å². The van der Waals surface area contributed by atoms with E-state index in [1.807, 2.05) is 0 Å². The number of H-pyrrole nitrogens is 1. The number of hydrogen-bond acceptors (Lipinski definition) is 3. The molecule has 5 nitrogen and oxygen atoms in total. The Morgan fingerprint density at radius 1 is 1.45 bits per heavy atom. The summed E-state index contributed by atoms with van der Waals surface area (Å²) in [6.07, 6.45) is 5.03. The maximum Gasteiger partial charge on any atom is 0.252 e. The van der Waals surface area contributed by atoms with Crippen molar-refractivity contribution >= 4 is 5.91 Å². The Balaban J connectivity index is 2.00. The number of carbonyl (C=O) groups is 1. The average Bonchev–Trinajstić information content (AvgIpc) is 2.48. The lowest BCUT2D eigenvalue weighted by Gasteiger charge is -2.40. The zero-order valence-corrected chi connectivity index (χ0v) is 12.1. The number of nitrogens with one attached hydrogen (secondary N) is 2. The quantitative estimate of drug-likeness (QED) is 0.883. The van der Waals surface area contributed by atoms with E-state index in [9.17, 15) is 9.59 Å². The second-order valence-electron chi connectivity index (χ2n) is 5.34. The van der Waals surface area contributed by atoms with Crippen LogP contribution in [0.2, 0.25) is 0 Å². The first-order valence-corrected chi connectivity index (χ1v) is 7.22. The van der Waals surface area contributed by atoms with Crippen LogP contribution in [0.1, 0.15) is 49.9 Å². The van der Waals surface area contributed by atoms with Gasteiger partial charge in [-0.2, -0.15) is 0 Å². The standard InChI is InChI=1S/C15H22N2O3/c1-3-15(4-2)9-12(7-8-20-15)17-14(19)11-5-6-13(18)16-10-11/h5-6,10,12H,3-4,7-9H2,1-2H3,(H,16,18)(H,17,19). The summed E-state index contributed by atoms with van der Waals surface area (Å²) in [6.45, 7) is 4.92. The van der Waals surface area contributed by atoms with Crippen LogP contribution in [-0.4, -0.2) is 29.1 Å². The molecule has 1 aliphatic heterocycles. The maximum absolute atomic E-state index is 12.1. The van der Waals surface area contributed by atoms with Crippen LogP contribution in [0.4, 0.5) is 0 Å². The summed E-state index contributed by atoms with van der Waals surface area (Å²) in [4.78, 5) is 25.6. The molecule has 110 valence electrons. The second kappa shape index (κ2) is 6.22. The Hall–Kier alpha value is -1.62. The first-order valence-electron chi connectivity index (χ1n) is 7.22. The Labute approximate surface area is 118 Å². The van der Waals surface area contributed by atoms with Gasteiger partial charge in [0.1, 0.15) is 0 Å². The summed E-state index contributed by atoms with van der Waals surface area (Å²) >= 11 is 0. The SMILES string of the molecule is CCC1(CC)CC(NC(=O)c2ccc(=O)[nH]c2)CCO1. The first kappa shape index (κ1) is 14.8. The number of ether oxygens (including phenoxy) is 1. The molecule has 2 heterocycles. The fraction of sp³-hybridized carbons (Fsp3) is 0.600. The molecule has 1 aliphatic rings. The zero-order valence-electron chi connectivity index (χ0n) is 12.1. The third-order valence-electron chi connectivity index (χ3n) is 4.16. The third kappa shape index (κ3) is 3.28. The Morgan fingerprint density at radius 3 is 2.80 bits per heavy atom. The van der Waals surface area contributed by atoms with Gasteiger partial charge in [-0.1, -0.05) is 13.8 Å². The molecule has 0 aliphatic carbocycles.